The van der Waals surface area contributed by atoms with Crippen molar-refractivity contribution in [3.63, 3.8) is 0 Å². The van der Waals surface area contributed by atoms with E-state index in [1.54, 1.807) is 25.3 Å². The number of guanidine groups is 1. The summed E-state index contributed by atoms with van der Waals surface area (Å²) in [7, 11) is 5.39. The van der Waals surface area contributed by atoms with Crippen LogP contribution in [0.5, 0.6) is 0 Å². The summed E-state index contributed by atoms with van der Waals surface area (Å²) < 4.78 is 5.34. The van der Waals surface area contributed by atoms with Crippen molar-refractivity contribution in [1.29, 1.82) is 0 Å². The molecular weight excluding hydrogens is 268 g/mol. The summed E-state index contributed by atoms with van der Waals surface area (Å²) in [6, 6.07) is 3.78. The van der Waals surface area contributed by atoms with Crippen LogP contribution in [0.4, 0.5) is 0 Å². The number of carbonyl (C=O) groups is 1. The molecule has 6 heteroatoms. The molecule has 0 unspecified atom stereocenters. The molecule has 0 spiro atoms. The van der Waals surface area contributed by atoms with Gasteiger partial charge >= 0.3 is 0 Å². The van der Waals surface area contributed by atoms with E-state index in [1.165, 1.54) is 0 Å². The monoisotopic (exact) mass is 294 g/mol. The first-order valence-electron chi connectivity index (χ1n) is 7.26. The van der Waals surface area contributed by atoms with E-state index < -0.39 is 0 Å². The number of likely N-dealkylation sites (N-methyl/N-ethyl adjacent to an activating group) is 1. The van der Waals surface area contributed by atoms with Crippen LogP contribution < -0.4 is 5.32 Å². The summed E-state index contributed by atoms with van der Waals surface area (Å²) in [4.78, 5) is 19.6. The number of furan rings is 1. The fourth-order valence-corrected chi connectivity index (χ4v) is 1.68. The highest BCUT2D eigenvalue weighted by Gasteiger charge is 2.10. The molecule has 1 heterocycles. The van der Waals surface area contributed by atoms with Crippen molar-refractivity contribution in [1.82, 2.24) is 15.1 Å². The second-order valence-electron chi connectivity index (χ2n) is 5.14. The molecule has 1 aromatic rings. The fourth-order valence-electron chi connectivity index (χ4n) is 1.68. The number of carbonyl (C=O) groups excluding carboxylic acids is 1. The Morgan fingerprint density at radius 1 is 1.38 bits per heavy atom. The summed E-state index contributed by atoms with van der Waals surface area (Å²) in [5, 5.41) is 3.29. The van der Waals surface area contributed by atoms with E-state index in [9.17, 15) is 4.79 Å². The third-order valence-corrected chi connectivity index (χ3v) is 3.01. The quantitative estimate of drug-likeness (QED) is 0.471. The van der Waals surface area contributed by atoms with E-state index in [0.717, 1.165) is 31.1 Å². The van der Waals surface area contributed by atoms with Crippen LogP contribution in [0.3, 0.4) is 0 Å². The van der Waals surface area contributed by atoms with Crippen molar-refractivity contribution in [3.8, 4) is 0 Å². The van der Waals surface area contributed by atoms with Crippen LogP contribution in [0.1, 0.15) is 25.5 Å². The van der Waals surface area contributed by atoms with Crippen molar-refractivity contribution in [2.75, 3.05) is 34.2 Å². The van der Waals surface area contributed by atoms with Crippen molar-refractivity contribution < 1.29 is 9.21 Å². The zero-order valence-corrected chi connectivity index (χ0v) is 13.4. The van der Waals surface area contributed by atoms with E-state index in [0.29, 0.717) is 6.54 Å². The van der Waals surface area contributed by atoms with E-state index in [2.05, 4.69) is 17.2 Å². The zero-order valence-electron chi connectivity index (χ0n) is 13.4. The van der Waals surface area contributed by atoms with E-state index in [4.69, 9.17) is 4.42 Å². The van der Waals surface area contributed by atoms with Crippen molar-refractivity contribution in [2.45, 2.75) is 26.3 Å². The molecule has 0 aliphatic carbocycles. The first kappa shape index (κ1) is 17.1. The first-order chi connectivity index (χ1) is 10.0. The Labute approximate surface area is 126 Å². The van der Waals surface area contributed by atoms with E-state index in [1.807, 2.05) is 24.1 Å². The lowest BCUT2D eigenvalue weighted by Gasteiger charge is -2.21. The van der Waals surface area contributed by atoms with Gasteiger partial charge in [-0.3, -0.25) is 4.79 Å². The topological polar surface area (TPSA) is 61.1 Å². The Kier molecular flexibility index (Phi) is 7.36. The minimum Gasteiger partial charge on any atom is -0.467 e. The summed E-state index contributed by atoms with van der Waals surface area (Å²) in [6.45, 7) is 3.74. The van der Waals surface area contributed by atoms with Gasteiger partial charge in [0.2, 0.25) is 5.91 Å². The number of rotatable bonds is 7. The number of unbranched alkanes of at least 4 members (excludes halogenated alkanes) is 1. The minimum absolute atomic E-state index is 0.0174. The Morgan fingerprint density at radius 3 is 2.71 bits per heavy atom. The molecule has 118 valence electrons. The molecule has 0 atom stereocenters. The third-order valence-electron chi connectivity index (χ3n) is 3.01. The molecule has 0 aliphatic rings. The largest absolute Gasteiger partial charge is 0.467 e. The van der Waals surface area contributed by atoms with Gasteiger partial charge in [0.1, 0.15) is 12.3 Å². The average Bonchev–Trinajstić information content (AvgIpc) is 2.94. The minimum atomic E-state index is -0.0174. The molecule has 6 nitrogen and oxygen atoms in total. The van der Waals surface area contributed by atoms with Gasteiger partial charge in [-0.15, -0.1) is 0 Å². The summed E-state index contributed by atoms with van der Waals surface area (Å²) in [5.74, 6) is 1.56. The van der Waals surface area contributed by atoms with Gasteiger partial charge < -0.3 is 19.5 Å². The van der Waals surface area contributed by atoms with Crippen molar-refractivity contribution >= 4 is 11.9 Å². The average molecular weight is 294 g/mol. The number of nitrogens with zero attached hydrogens (tertiary/aromatic N) is 3. The molecule has 1 amide bonds. The maximum Gasteiger partial charge on any atom is 0.243 e. The number of hydrogen-bond acceptors (Lipinski definition) is 3. The molecule has 21 heavy (non-hydrogen) atoms. The summed E-state index contributed by atoms with van der Waals surface area (Å²) >= 11 is 0. The van der Waals surface area contributed by atoms with Gasteiger partial charge in [-0.25, -0.2) is 4.99 Å². The molecule has 0 bridgehead atoms. The van der Waals surface area contributed by atoms with Gasteiger partial charge in [0.25, 0.3) is 0 Å². The lowest BCUT2D eigenvalue weighted by Crippen LogP contribution is -2.40. The predicted molar refractivity (Wildman–Crippen MR) is 84.1 cm³/mol. The highest BCUT2D eigenvalue weighted by Crippen LogP contribution is 2.04. The molecule has 1 N–H and O–H groups in total. The first-order valence-corrected chi connectivity index (χ1v) is 7.26. The second-order valence-corrected chi connectivity index (χ2v) is 5.14. The molecule has 0 radical (unpaired) electrons. The Morgan fingerprint density at radius 2 is 2.14 bits per heavy atom. The molecule has 0 aromatic carbocycles. The van der Waals surface area contributed by atoms with Crippen molar-refractivity contribution in [2.24, 2.45) is 4.99 Å². The number of hydrogen-bond donors (Lipinski definition) is 1. The van der Waals surface area contributed by atoms with Crippen LogP contribution in [0.25, 0.3) is 0 Å². The Balaban J connectivity index is 2.65. The molecule has 0 fully saturated rings. The lowest BCUT2D eigenvalue weighted by molar-refractivity contribution is -0.127. The van der Waals surface area contributed by atoms with Crippen LogP contribution >= 0.6 is 0 Å². The van der Waals surface area contributed by atoms with Crippen molar-refractivity contribution in [3.05, 3.63) is 24.2 Å². The number of nitrogens with one attached hydrogen (secondary N) is 1. The Hall–Kier alpha value is -1.98. The second kappa shape index (κ2) is 9.05. The van der Waals surface area contributed by atoms with Crippen LogP contribution in [0, 0.1) is 0 Å². The summed E-state index contributed by atoms with van der Waals surface area (Å²) in [6.07, 6.45) is 3.83. The van der Waals surface area contributed by atoms with E-state index in [-0.39, 0.29) is 12.5 Å². The van der Waals surface area contributed by atoms with Gasteiger partial charge in [0, 0.05) is 27.7 Å². The molecule has 0 saturated carbocycles. The normalized spacial score (nSPS) is 11.3. The van der Waals surface area contributed by atoms with Gasteiger partial charge in [-0.2, -0.15) is 0 Å². The smallest absolute Gasteiger partial charge is 0.243 e. The molecule has 0 saturated heterocycles. The number of amides is 1. The predicted octanol–water partition coefficient (Wildman–Crippen LogP) is 1.55. The molecule has 1 aromatic heterocycles. The van der Waals surface area contributed by atoms with Crippen LogP contribution in [-0.4, -0.2) is 55.9 Å². The molecule has 0 aliphatic heterocycles. The van der Waals surface area contributed by atoms with Crippen LogP contribution in [0.15, 0.2) is 27.8 Å². The summed E-state index contributed by atoms with van der Waals surface area (Å²) in [5.41, 5.74) is 0. The molecule has 1 rings (SSSR count). The zero-order chi connectivity index (χ0) is 15.7. The van der Waals surface area contributed by atoms with Gasteiger partial charge in [-0.05, 0) is 18.6 Å². The van der Waals surface area contributed by atoms with Gasteiger partial charge in [0.05, 0.1) is 12.8 Å². The third kappa shape index (κ3) is 6.33. The van der Waals surface area contributed by atoms with E-state index >= 15 is 0 Å². The van der Waals surface area contributed by atoms with Crippen LogP contribution in [0.2, 0.25) is 0 Å². The van der Waals surface area contributed by atoms with Gasteiger partial charge in [-0.1, -0.05) is 13.3 Å². The maximum atomic E-state index is 11.7. The lowest BCUT2D eigenvalue weighted by atomic mass is 10.3. The molecular formula is C15H26N4O2. The highest BCUT2D eigenvalue weighted by molar-refractivity contribution is 5.84. The fraction of sp³-hybridized carbons (Fsp3) is 0.600. The Bertz CT molecular complexity index is 441. The van der Waals surface area contributed by atoms with Crippen LogP contribution in [-0.2, 0) is 11.3 Å². The SMILES string of the molecule is CCCCNC(=NCC(=O)N(C)C)N(C)Cc1ccco1. The maximum absolute atomic E-state index is 11.7. The standard InChI is InChI=1S/C15H26N4O2/c1-5-6-9-16-15(17-11-14(20)18(2)3)19(4)12-13-8-7-10-21-13/h7-8,10H,5-6,9,11-12H2,1-4H3,(H,16,17). The number of aliphatic imine (C=N–C) groups is 1. The van der Waals surface area contributed by atoms with Gasteiger partial charge in [0.15, 0.2) is 5.96 Å². The highest BCUT2D eigenvalue weighted by atomic mass is 16.3.